The molecular formula is C23H27N5O4S. The smallest absolute Gasteiger partial charge is 0.234 e. The Hall–Kier alpha value is -3.01. The van der Waals surface area contributed by atoms with Crippen molar-refractivity contribution in [1.82, 2.24) is 15.5 Å². The molecule has 0 radical (unpaired) electrons. The number of piperidine rings is 1. The van der Waals surface area contributed by atoms with Crippen molar-refractivity contribution in [1.29, 1.82) is 0 Å². The van der Waals surface area contributed by atoms with Gasteiger partial charge in [-0.05, 0) is 49.9 Å². The molecule has 1 aliphatic carbocycles. The Labute approximate surface area is 196 Å². The Morgan fingerprint density at radius 3 is 2.70 bits per heavy atom. The predicted octanol–water partition coefficient (Wildman–Crippen LogP) is 2.47. The highest BCUT2D eigenvalue weighted by Crippen LogP contribution is 2.32. The van der Waals surface area contributed by atoms with Gasteiger partial charge in [-0.1, -0.05) is 11.8 Å². The Kier molecular flexibility index (Phi) is 6.52. The number of nitrogens with zero attached hydrogens (tertiary/aromatic N) is 3. The molecule has 9 nitrogen and oxygen atoms in total. The number of ether oxygens (including phenoxy) is 2. The molecule has 1 atom stereocenters. The van der Waals surface area contributed by atoms with E-state index in [0.717, 1.165) is 38.0 Å². The van der Waals surface area contributed by atoms with Crippen LogP contribution in [0.5, 0.6) is 11.5 Å². The second-order valence-electron chi connectivity index (χ2n) is 8.49. The molecule has 0 spiro atoms. The predicted molar refractivity (Wildman–Crippen MR) is 125 cm³/mol. The summed E-state index contributed by atoms with van der Waals surface area (Å²) in [4.78, 5) is 26.9. The minimum absolute atomic E-state index is 0.000505. The van der Waals surface area contributed by atoms with E-state index < -0.39 is 0 Å². The van der Waals surface area contributed by atoms with E-state index in [2.05, 4.69) is 25.7 Å². The third-order valence-electron chi connectivity index (χ3n) is 5.84. The van der Waals surface area contributed by atoms with Crippen molar-refractivity contribution < 1.29 is 19.1 Å². The molecule has 174 valence electrons. The molecule has 3 aliphatic rings. The second kappa shape index (κ2) is 9.86. The second-order valence-corrected chi connectivity index (χ2v) is 9.49. The number of carbonyl (C=O) groups excluding carboxylic acids is 2. The number of aromatic nitrogens is 2. The fraction of sp³-hybridized carbons (Fsp3) is 0.478. The van der Waals surface area contributed by atoms with E-state index >= 15 is 0 Å². The van der Waals surface area contributed by atoms with E-state index in [4.69, 9.17) is 9.47 Å². The average molecular weight is 470 g/mol. The van der Waals surface area contributed by atoms with Crippen LogP contribution in [0, 0.1) is 5.92 Å². The van der Waals surface area contributed by atoms with Crippen LogP contribution in [0.3, 0.4) is 0 Å². The van der Waals surface area contributed by atoms with Gasteiger partial charge in [0.15, 0.2) is 17.3 Å². The number of amides is 2. The molecule has 3 heterocycles. The summed E-state index contributed by atoms with van der Waals surface area (Å²) in [6, 6.07) is 9.52. The summed E-state index contributed by atoms with van der Waals surface area (Å²) in [6.07, 6.45) is 4.07. The van der Waals surface area contributed by atoms with Crippen LogP contribution in [0.1, 0.15) is 25.7 Å². The third-order valence-corrected chi connectivity index (χ3v) is 6.76. The van der Waals surface area contributed by atoms with Gasteiger partial charge in [-0.3, -0.25) is 9.59 Å². The summed E-state index contributed by atoms with van der Waals surface area (Å²) in [5.41, 5.74) is 0.664. The molecule has 33 heavy (non-hydrogen) atoms. The van der Waals surface area contributed by atoms with Crippen molar-refractivity contribution in [2.75, 3.05) is 42.3 Å². The van der Waals surface area contributed by atoms with E-state index in [1.807, 2.05) is 12.1 Å². The first kappa shape index (κ1) is 21.8. The molecule has 1 saturated heterocycles. The Morgan fingerprint density at radius 2 is 1.91 bits per heavy atom. The highest BCUT2D eigenvalue weighted by molar-refractivity contribution is 7.99. The summed E-state index contributed by atoms with van der Waals surface area (Å²) >= 11 is 1.33. The maximum atomic E-state index is 12.4. The van der Waals surface area contributed by atoms with Crippen molar-refractivity contribution in [3.63, 3.8) is 0 Å². The number of anilines is 2. The Bertz CT molecular complexity index is 1010. The summed E-state index contributed by atoms with van der Waals surface area (Å²) < 4.78 is 11.0. The van der Waals surface area contributed by atoms with E-state index in [-0.39, 0.29) is 23.5 Å². The number of fused-ring (bicyclic) bond motifs is 1. The first-order chi connectivity index (χ1) is 16.1. The first-order valence-corrected chi connectivity index (χ1v) is 12.3. The molecule has 2 fully saturated rings. The standard InChI is InChI=1S/C23H27N5O4S/c29-21(24-17-5-6-18-19(12-17)32-11-10-31-18)14-33-22-8-7-20(26-27-22)28-9-1-2-15(13-28)23(30)25-16-3-4-16/h5-8,12,15-16H,1-4,9-11,13-14H2,(H,24,29)(H,25,30)/t15-/m0/s1. The normalized spacial score (nSPS) is 19.6. The minimum Gasteiger partial charge on any atom is -0.486 e. The molecular weight excluding hydrogens is 442 g/mol. The van der Waals surface area contributed by atoms with Gasteiger partial charge in [-0.2, -0.15) is 0 Å². The zero-order valence-electron chi connectivity index (χ0n) is 18.3. The van der Waals surface area contributed by atoms with Crippen molar-refractivity contribution >= 4 is 35.1 Å². The molecule has 0 bridgehead atoms. The van der Waals surface area contributed by atoms with Crippen molar-refractivity contribution in [3.8, 4) is 11.5 Å². The highest BCUT2D eigenvalue weighted by Gasteiger charge is 2.31. The van der Waals surface area contributed by atoms with Crippen LogP contribution in [0.4, 0.5) is 11.5 Å². The van der Waals surface area contributed by atoms with E-state index in [9.17, 15) is 9.59 Å². The lowest BCUT2D eigenvalue weighted by atomic mass is 9.97. The lowest BCUT2D eigenvalue weighted by molar-refractivity contribution is -0.125. The summed E-state index contributed by atoms with van der Waals surface area (Å²) in [7, 11) is 0. The lowest BCUT2D eigenvalue weighted by Gasteiger charge is -2.32. The molecule has 0 unspecified atom stereocenters. The summed E-state index contributed by atoms with van der Waals surface area (Å²) in [6.45, 7) is 2.56. The van der Waals surface area contributed by atoms with Crippen molar-refractivity contribution in [3.05, 3.63) is 30.3 Å². The Morgan fingerprint density at radius 1 is 1.06 bits per heavy atom. The van der Waals surface area contributed by atoms with Gasteiger partial charge in [0.2, 0.25) is 11.8 Å². The zero-order valence-corrected chi connectivity index (χ0v) is 19.1. The van der Waals surface area contributed by atoms with Crippen LogP contribution in [-0.2, 0) is 9.59 Å². The number of nitrogens with one attached hydrogen (secondary N) is 2. The maximum Gasteiger partial charge on any atom is 0.234 e. The number of hydrogen-bond acceptors (Lipinski definition) is 8. The van der Waals surface area contributed by atoms with Crippen LogP contribution >= 0.6 is 11.8 Å². The summed E-state index contributed by atoms with van der Waals surface area (Å²) in [5.74, 6) is 2.33. The van der Waals surface area contributed by atoms with Gasteiger partial charge in [0, 0.05) is 30.9 Å². The molecule has 1 aromatic heterocycles. The van der Waals surface area contributed by atoms with Crippen LogP contribution in [0.2, 0.25) is 0 Å². The van der Waals surface area contributed by atoms with E-state index in [0.29, 0.717) is 48.0 Å². The monoisotopic (exact) mass is 469 g/mol. The molecule has 2 aromatic rings. The van der Waals surface area contributed by atoms with Crippen LogP contribution in [0.25, 0.3) is 0 Å². The van der Waals surface area contributed by atoms with E-state index in [1.165, 1.54) is 11.8 Å². The highest BCUT2D eigenvalue weighted by atomic mass is 32.2. The lowest BCUT2D eigenvalue weighted by Crippen LogP contribution is -2.44. The number of hydrogen-bond donors (Lipinski definition) is 2. The number of thioether (sulfide) groups is 1. The van der Waals surface area contributed by atoms with Gasteiger partial charge in [0.05, 0.1) is 11.7 Å². The van der Waals surface area contributed by atoms with E-state index in [1.54, 1.807) is 18.2 Å². The molecule has 1 aromatic carbocycles. The number of benzene rings is 1. The fourth-order valence-corrected chi connectivity index (χ4v) is 4.58. The zero-order chi connectivity index (χ0) is 22.6. The fourth-order valence-electron chi connectivity index (χ4n) is 3.96. The third kappa shape index (κ3) is 5.68. The van der Waals surface area contributed by atoms with Crippen LogP contribution in [-0.4, -0.2) is 60.1 Å². The van der Waals surface area contributed by atoms with Crippen LogP contribution < -0.4 is 25.0 Å². The molecule has 2 aliphatic heterocycles. The molecule has 2 N–H and O–H groups in total. The van der Waals surface area contributed by atoms with Gasteiger partial charge in [-0.15, -0.1) is 10.2 Å². The van der Waals surface area contributed by atoms with Gasteiger partial charge in [-0.25, -0.2) is 0 Å². The van der Waals surface area contributed by atoms with Gasteiger partial charge < -0.3 is 25.0 Å². The summed E-state index contributed by atoms with van der Waals surface area (Å²) in [5, 5.41) is 15.3. The topological polar surface area (TPSA) is 106 Å². The Balaban J connectivity index is 1.11. The van der Waals surface area contributed by atoms with Gasteiger partial charge >= 0.3 is 0 Å². The van der Waals surface area contributed by atoms with Crippen molar-refractivity contribution in [2.24, 2.45) is 5.92 Å². The largest absolute Gasteiger partial charge is 0.486 e. The molecule has 1 saturated carbocycles. The minimum atomic E-state index is -0.136. The van der Waals surface area contributed by atoms with Crippen molar-refractivity contribution in [2.45, 2.75) is 36.8 Å². The van der Waals surface area contributed by atoms with Gasteiger partial charge in [0.25, 0.3) is 0 Å². The molecule has 5 rings (SSSR count). The first-order valence-electron chi connectivity index (χ1n) is 11.4. The quantitative estimate of drug-likeness (QED) is 0.596. The SMILES string of the molecule is O=C(CSc1ccc(N2CCC[C@H](C(=O)NC3CC3)C2)nn1)Nc1ccc2c(c1)OCCO2. The van der Waals surface area contributed by atoms with Gasteiger partial charge in [0.1, 0.15) is 18.2 Å². The maximum absolute atomic E-state index is 12.4. The number of rotatable bonds is 7. The average Bonchev–Trinajstić information content (AvgIpc) is 3.67. The number of carbonyl (C=O) groups is 2. The van der Waals surface area contributed by atoms with Crippen LogP contribution in [0.15, 0.2) is 35.4 Å². The molecule has 2 amide bonds. The molecule has 10 heteroatoms.